The molecule has 0 bridgehead atoms. The second kappa shape index (κ2) is 4.60. The summed E-state index contributed by atoms with van der Waals surface area (Å²) in [5, 5.41) is -0.0365. The van der Waals surface area contributed by atoms with Crippen molar-refractivity contribution in [3.05, 3.63) is 33.8 Å². The number of hydrogen-bond donors (Lipinski definition) is 1. The maximum absolute atomic E-state index is 12.6. The summed E-state index contributed by atoms with van der Waals surface area (Å²) in [5.41, 5.74) is 4.93. The van der Waals surface area contributed by atoms with Gasteiger partial charge in [-0.2, -0.15) is 13.2 Å². The number of halogens is 5. The Morgan fingerprint density at radius 3 is 2.00 bits per heavy atom. The number of hydrogen-bond acceptors (Lipinski definition) is 1. The first-order chi connectivity index (χ1) is 6.88. The molecule has 0 aliphatic heterocycles. The molecule has 0 fully saturated rings. The SMILES string of the molecule is NCC(c1c(Cl)cccc1Cl)C(F)(F)F. The average molecular weight is 258 g/mol. The summed E-state index contributed by atoms with van der Waals surface area (Å²) in [7, 11) is 0. The van der Waals surface area contributed by atoms with Crippen molar-refractivity contribution in [2.24, 2.45) is 5.73 Å². The zero-order valence-electron chi connectivity index (χ0n) is 7.48. The molecule has 1 nitrogen and oxygen atoms in total. The third-order valence-electron chi connectivity index (χ3n) is 1.98. The summed E-state index contributed by atoms with van der Waals surface area (Å²) in [4.78, 5) is 0. The maximum atomic E-state index is 12.6. The summed E-state index contributed by atoms with van der Waals surface area (Å²) in [6.07, 6.45) is -4.44. The van der Waals surface area contributed by atoms with E-state index in [1.807, 2.05) is 0 Å². The maximum Gasteiger partial charge on any atom is 0.397 e. The van der Waals surface area contributed by atoms with E-state index in [9.17, 15) is 13.2 Å². The monoisotopic (exact) mass is 257 g/mol. The topological polar surface area (TPSA) is 26.0 Å². The number of rotatable bonds is 2. The Morgan fingerprint density at radius 2 is 1.67 bits per heavy atom. The van der Waals surface area contributed by atoms with Gasteiger partial charge in [-0.05, 0) is 12.1 Å². The van der Waals surface area contributed by atoms with Crippen molar-refractivity contribution in [1.82, 2.24) is 0 Å². The molecular formula is C9H8Cl2F3N. The second-order valence-corrected chi connectivity index (χ2v) is 3.78. The van der Waals surface area contributed by atoms with E-state index in [2.05, 4.69) is 0 Å². The molecule has 0 spiro atoms. The molecule has 0 aliphatic rings. The van der Waals surface area contributed by atoms with Gasteiger partial charge in [0.1, 0.15) is 0 Å². The molecule has 0 saturated heterocycles. The highest BCUT2D eigenvalue weighted by molar-refractivity contribution is 6.36. The van der Waals surface area contributed by atoms with Crippen molar-refractivity contribution in [2.45, 2.75) is 12.1 Å². The normalized spacial score (nSPS) is 14.0. The van der Waals surface area contributed by atoms with Crippen LogP contribution in [0.4, 0.5) is 13.2 Å². The van der Waals surface area contributed by atoms with Crippen LogP contribution in [0.15, 0.2) is 18.2 Å². The molecule has 84 valence electrons. The first-order valence-electron chi connectivity index (χ1n) is 4.08. The van der Waals surface area contributed by atoms with Crippen molar-refractivity contribution < 1.29 is 13.2 Å². The number of nitrogens with two attached hydrogens (primary N) is 1. The lowest BCUT2D eigenvalue weighted by molar-refractivity contribution is -0.148. The third kappa shape index (κ3) is 2.77. The second-order valence-electron chi connectivity index (χ2n) is 2.97. The van der Waals surface area contributed by atoms with Gasteiger partial charge < -0.3 is 5.73 Å². The molecule has 0 aliphatic carbocycles. The molecule has 1 atom stereocenters. The summed E-state index contributed by atoms with van der Waals surface area (Å²) in [6.45, 7) is -0.576. The summed E-state index contributed by atoms with van der Waals surface area (Å²) < 4.78 is 37.7. The molecule has 0 saturated carbocycles. The van der Waals surface area contributed by atoms with E-state index in [0.29, 0.717) is 0 Å². The fraction of sp³-hybridized carbons (Fsp3) is 0.333. The van der Waals surface area contributed by atoms with Crippen molar-refractivity contribution in [3.8, 4) is 0 Å². The van der Waals surface area contributed by atoms with Crippen LogP contribution in [0.5, 0.6) is 0 Å². The summed E-state index contributed by atoms with van der Waals surface area (Å²) >= 11 is 11.3. The molecule has 1 unspecified atom stereocenters. The molecule has 6 heteroatoms. The predicted molar refractivity (Wildman–Crippen MR) is 54.3 cm³/mol. The number of benzene rings is 1. The Hall–Kier alpha value is -0.450. The van der Waals surface area contributed by atoms with E-state index in [-0.39, 0.29) is 15.6 Å². The lowest BCUT2D eigenvalue weighted by Gasteiger charge is -2.20. The van der Waals surface area contributed by atoms with Gasteiger partial charge in [0.15, 0.2) is 0 Å². The smallest absolute Gasteiger partial charge is 0.330 e. The highest BCUT2D eigenvalue weighted by Gasteiger charge is 2.41. The van der Waals surface area contributed by atoms with E-state index in [1.165, 1.54) is 18.2 Å². The van der Waals surface area contributed by atoms with Crippen LogP contribution in [-0.4, -0.2) is 12.7 Å². The highest BCUT2D eigenvalue weighted by atomic mass is 35.5. The largest absolute Gasteiger partial charge is 0.397 e. The van der Waals surface area contributed by atoms with Crippen LogP contribution < -0.4 is 5.73 Å². The predicted octanol–water partition coefficient (Wildman–Crippen LogP) is 3.60. The van der Waals surface area contributed by atoms with Gasteiger partial charge in [-0.25, -0.2) is 0 Å². The van der Waals surface area contributed by atoms with E-state index < -0.39 is 18.6 Å². The van der Waals surface area contributed by atoms with Crippen molar-refractivity contribution in [2.75, 3.05) is 6.54 Å². The van der Waals surface area contributed by atoms with E-state index in [1.54, 1.807) is 0 Å². The minimum Gasteiger partial charge on any atom is -0.330 e. The Labute approximate surface area is 95.0 Å². The van der Waals surface area contributed by atoms with Crippen molar-refractivity contribution in [3.63, 3.8) is 0 Å². The first kappa shape index (κ1) is 12.6. The summed E-state index contributed by atoms with van der Waals surface area (Å²) in [6, 6.07) is 4.20. The third-order valence-corrected chi connectivity index (χ3v) is 2.64. The van der Waals surface area contributed by atoms with Gasteiger partial charge in [-0.1, -0.05) is 29.3 Å². The van der Waals surface area contributed by atoms with E-state index in [0.717, 1.165) is 0 Å². The molecule has 0 aromatic heterocycles. The minimum absolute atomic E-state index is 0.0183. The van der Waals surface area contributed by atoms with Crippen LogP contribution in [-0.2, 0) is 0 Å². The molecule has 0 heterocycles. The molecule has 0 radical (unpaired) electrons. The molecular weight excluding hydrogens is 250 g/mol. The molecule has 1 aromatic carbocycles. The average Bonchev–Trinajstić information content (AvgIpc) is 2.09. The van der Waals surface area contributed by atoms with E-state index in [4.69, 9.17) is 28.9 Å². The van der Waals surface area contributed by atoms with Gasteiger partial charge in [0, 0.05) is 22.2 Å². The Balaban J connectivity index is 3.24. The first-order valence-corrected chi connectivity index (χ1v) is 4.84. The van der Waals surface area contributed by atoms with Crippen LogP contribution in [0, 0.1) is 0 Å². The molecule has 0 amide bonds. The van der Waals surface area contributed by atoms with Crippen molar-refractivity contribution >= 4 is 23.2 Å². The zero-order valence-corrected chi connectivity index (χ0v) is 9.00. The molecule has 1 rings (SSSR count). The van der Waals surface area contributed by atoms with Gasteiger partial charge in [0.2, 0.25) is 0 Å². The van der Waals surface area contributed by atoms with Gasteiger partial charge in [-0.3, -0.25) is 0 Å². The lowest BCUT2D eigenvalue weighted by Crippen LogP contribution is -2.28. The molecule has 2 N–H and O–H groups in total. The van der Waals surface area contributed by atoms with Crippen LogP contribution in [0.1, 0.15) is 11.5 Å². The Bertz CT molecular complexity index is 331. The minimum atomic E-state index is -4.44. The quantitative estimate of drug-likeness (QED) is 0.861. The lowest BCUT2D eigenvalue weighted by atomic mass is 9.98. The fourth-order valence-corrected chi connectivity index (χ4v) is 1.92. The Kier molecular flexibility index (Phi) is 3.87. The van der Waals surface area contributed by atoms with Gasteiger partial charge in [0.05, 0.1) is 5.92 Å². The van der Waals surface area contributed by atoms with Crippen molar-refractivity contribution in [1.29, 1.82) is 0 Å². The zero-order chi connectivity index (χ0) is 11.6. The fourth-order valence-electron chi connectivity index (χ4n) is 1.26. The van der Waals surface area contributed by atoms with Crippen LogP contribution in [0.3, 0.4) is 0 Å². The standard InChI is InChI=1S/C9H8Cl2F3N/c10-6-2-1-3-7(11)8(6)5(4-15)9(12,13)14/h1-3,5H,4,15H2. The Morgan fingerprint density at radius 1 is 1.20 bits per heavy atom. The van der Waals surface area contributed by atoms with Crippen LogP contribution >= 0.6 is 23.2 Å². The highest BCUT2D eigenvalue weighted by Crippen LogP contribution is 2.40. The van der Waals surface area contributed by atoms with Gasteiger partial charge >= 0.3 is 6.18 Å². The molecule has 1 aromatic rings. The van der Waals surface area contributed by atoms with Gasteiger partial charge in [0.25, 0.3) is 0 Å². The van der Waals surface area contributed by atoms with Crippen LogP contribution in [0.2, 0.25) is 10.0 Å². The van der Waals surface area contributed by atoms with Crippen LogP contribution in [0.25, 0.3) is 0 Å². The van der Waals surface area contributed by atoms with E-state index >= 15 is 0 Å². The number of alkyl halides is 3. The summed E-state index contributed by atoms with van der Waals surface area (Å²) in [5.74, 6) is -1.82. The van der Waals surface area contributed by atoms with Gasteiger partial charge in [-0.15, -0.1) is 0 Å². The molecule has 15 heavy (non-hydrogen) atoms.